The van der Waals surface area contributed by atoms with Gasteiger partial charge >= 0.3 is 0 Å². The first-order valence-electron chi connectivity index (χ1n) is 12.6. The van der Waals surface area contributed by atoms with Crippen molar-refractivity contribution < 1.29 is 23.3 Å². The summed E-state index contributed by atoms with van der Waals surface area (Å²) in [6.07, 6.45) is 2.75. The van der Waals surface area contributed by atoms with Gasteiger partial charge in [-0.15, -0.1) is 0 Å². The molecule has 1 spiro atoms. The third kappa shape index (κ3) is 5.27. The molecular weight excluding hydrogens is 492 g/mol. The standard InChI is InChI=1S/C29H27F2N3O4/c30-23-6-2-4-21(17-23)15-20-3-1-5-22(16-20)27(35)32-12-9-29(10-13-32)11-14-33(19-29)28(36)25-8-7-24(34(37)38)18-26(25)31/h1-8,16-18H,9-15,19H2. The number of nitro groups is 1. The summed E-state index contributed by atoms with van der Waals surface area (Å²) in [6.45, 7) is 2.06. The van der Waals surface area contributed by atoms with E-state index in [1.54, 1.807) is 17.0 Å². The Morgan fingerprint density at radius 1 is 0.842 bits per heavy atom. The van der Waals surface area contributed by atoms with Gasteiger partial charge in [-0.3, -0.25) is 19.7 Å². The Bertz CT molecular complexity index is 1400. The van der Waals surface area contributed by atoms with Gasteiger partial charge in [0.15, 0.2) is 0 Å². The van der Waals surface area contributed by atoms with Crippen molar-refractivity contribution >= 4 is 17.5 Å². The van der Waals surface area contributed by atoms with Crippen molar-refractivity contribution in [2.24, 2.45) is 5.41 Å². The smallest absolute Gasteiger partial charge is 0.272 e. The first-order valence-corrected chi connectivity index (χ1v) is 12.6. The van der Waals surface area contributed by atoms with Gasteiger partial charge in [0, 0.05) is 37.8 Å². The van der Waals surface area contributed by atoms with Crippen LogP contribution in [0.1, 0.15) is 51.1 Å². The number of nitrogens with zero attached hydrogens (tertiary/aromatic N) is 3. The number of amides is 2. The highest BCUT2D eigenvalue weighted by atomic mass is 19.1. The van der Waals surface area contributed by atoms with Crippen LogP contribution in [0.5, 0.6) is 0 Å². The largest absolute Gasteiger partial charge is 0.339 e. The Labute approximate surface area is 218 Å². The number of benzene rings is 3. The van der Waals surface area contributed by atoms with E-state index >= 15 is 0 Å². The van der Waals surface area contributed by atoms with Crippen LogP contribution in [0.25, 0.3) is 0 Å². The summed E-state index contributed by atoms with van der Waals surface area (Å²) in [5.41, 5.74) is 1.66. The maximum absolute atomic E-state index is 14.4. The summed E-state index contributed by atoms with van der Waals surface area (Å²) in [4.78, 5) is 39.8. The molecular formula is C29H27F2N3O4. The van der Waals surface area contributed by atoms with Crippen LogP contribution in [0.2, 0.25) is 0 Å². The fourth-order valence-corrected chi connectivity index (χ4v) is 5.54. The van der Waals surface area contributed by atoms with Crippen LogP contribution in [0.15, 0.2) is 66.7 Å². The van der Waals surface area contributed by atoms with E-state index in [1.165, 1.54) is 18.2 Å². The Balaban J connectivity index is 1.20. The average Bonchev–Trinajstić information content (AvgIpc) is 3.32. The Hall–Kier alpha value is -4.14. The average molecular weight is 520 g/mol. The summed E-state index contributed by atoms with van der Waals surface area (Å²) >= 11 is 0. The fraction of sp³-hybridized carbons (Fsp3) is 0.310. The second kappa shape index (κ2) is 10.3. The van der Waals surface area contributed by atoms with Crippen molar-refractivity contribution in [1.82, 2.24) is 9.80 Å². The molecule has 2 amide bonds. The lowest BCUT2D eigenvalue weighted by Gasteiger charge is -2.39. The van der Waals surface area contributed by atoms with Crippen LogP contribution in [-0.4, -0.2) is 52.7 Å². The molecule has 9 heteroatoms. The van der Waals surface area contributed by atoms with E-state index in [4.69, 9.17) is 0 Å². The molecule has 0 saturated carbocycles. The number of hydrogen-bond acceptors (Lipinski definition) is 4. The molecule has 0 unspecified atom stereocenters. The van der Waals surface area contributed by atoms with Crippen molar-refractivity contribution in [1.29, 1.82) is 0 Å². The molecule has 2 fully saturated rings. The second-order valence-corrected chi connectivity index (χ2v) is 10.2. The van der Waals surface area contributed by atoms with E-state index in [2.05, 4.69) is 0 Å². The number of carbonyl (C=O) groups is 2. The van der Waals surface area contributed by atoms with Crippen LogP contribution < -0.4 is 0 Å². The maximum atomic E-state index is 14.4. The summed E-state index contributed by atoms with van der Waals surface area (Å²) in [5, 5.41) is 10.9. The van der Waals surface area contributed by atoms with Gasteiger partial charge in [-0.1, -0.05) is 24.3 Å². The van der Waals surface area contributed by atoms with Gasteiger partial charge in [0.05, 0.1) is 16.6 Å². The highest BCUT2D eigenvalue weighted by Gasteiger charge is 2.43. The molecule has 2 heterocycles. The number of carbonyl (C=O) groups excluding carboxylic acids is 2. The fourth-order valence-electron chi connectivity index (χ4n) is 5.54. The molecule has 196 valence electrons. The molecule has 38 heavy (non-hydrogen) atoms. The molecule has 2 saturated heterocycles. The first-order chi connectivity index (χ1) is 18.2. The molecule has 0 N–H and O–H groups in total. The van der Waals surface area contributed by atoms with Crippen LogP contribution in [-0.2, 0) is 6.42 Å². The van der Waals surface area contributed by atoms with Crippen LogP contribution >= 0.6 is 0 Å². The van der Waals surface area contributed by atoms with E-state index in [9.17, 15) is 28.5 Å². The zero-order chi connectivity index (χ0) is 26.9. The molecule has 0 aliphatic carbocycles. The normalized spacial score (nSPS) is 16.6. The van der Waals surface area contributed by atoms with Crippen molar-refractivity contribution in [3.63, 3.8) is 0 Å². The minimum atomic E-state index is -0.898. The molecule has 0 aromatic heterocycles. The molecule has 2 aliphatic rings. The number of halogens is 2. The summed E-state index contributed by atoms with van der Waals surface area (Å²) in [7, 11) is 0. The number of piperidine rings is 1. The van der Waals surface area contributed by atoms with Gasteiger partial charge in [-0.25, -0.2) is 8.78 Å². The zero-order valence-corrected chi connectivity index (χ0v) is 20.7. The summed E-state index contributed by atoms with van der Waals surface area (Å²) in [5.74, 6) is -1.71. The monoisotopic (exact) mass is 519 g/mol. The van der Waals surface area contributed by atoms with E-state index in [1.807, 2.05) is 29.2 Å². The summed E-state index contributed by atoms with van der Waals surface area (Å²) < 4.78 is 27.9. The molecule has 3 aromatic rings. The molecule has 2 aliphatic heterocycles. The van der Waals surface area contributed by atoms with E-state index < -0.39 is 22.3 Å². The third-order valence-corrected chi connectivity index (χ3v) is 7.70. The maximum Gasteiger partial charge on any atom is 0.272 e. The third-order valence-electron chi connectivity index (χ3n) is 7.70. The number of nitro benzene ring substituents is 1. The SMILES string of the molecule is O=C(c1cccc(Cc2cccc(F)c2)c1)N1CCC2(CC1)CCN(C(=O)c1ccc([N+](=O)[O-])cc1F)C2. The lowest BCUT2D eigenvalue weighted by molar-refractivity contribution is -0.385. The van der Waals surface area contributed by atoms with Crippen molar-refractivity contribution in [3.8, 4) is 0 Å². The van der Waals surface area contributed by atoms with Gasteiger partial charge in [0.25, 0.3) is 17.5 Å². The summed E-state index contributed by atoms with van der Waals surface area (Å²) in [6, 6.07) is 16.9. The molecule has 0 radical (unpaired) electrons. The highest BCUT2D eigenvalue weighted by molar-refractivity contribution is 5.95. The molecule has 3 aromatic carbocycles. The second-order valence-electron chi connectivity index (χ2n) is 10.2. The lowest BCUT2D eigenvalue weighted by atomic mass is 9.77. The minimum absolute atomic E-state index is 0.0557. The predicted octanol–water partition coefficient (Wildman–Crippen LogP) is 5.23. The molecule has 0 atom stereocenters. The van der Waals surface area contributed by atoms with E-state index in [0.29, 0.717) is 38.2 Å². The molecule has 7 nitrogen and oxygen atoms in total. The van der Waals surface area contributed by atoms with E-state index in [0.717, 1.165) is 42.5 Å². The quantitative estimate of drug-likeness (QED) is 0.341. The predicted molar refractivity (Wildman–Crippen MR) is 137 cm³/mol. The molecule has 5 rings (SSSR count). The molecule has 0 bridgehead atoms. The minimum Gasteiger partial charge on any atom is -0.339 e. The van der Waals surface area contributed by atoms with Crippen molar-refractivity contribution in [2.75, 3.05) is 26.2 Å². The number of rotatable bonds is 5. The zero-order valence-electron chi connectivity index (χ0n) is 20.7. The Morgan fingerprint density at radius 2 is 1.50 bits per heavy atom. The highest BCUT2D eigenvalue weighted by Crippen LogP contribution is 2.41. The van der Waals surface area contributed by atoms with Crippen LogP contribution in [0, 0.1) is 27.2 Å². The number of likely N-dealkylation sites (tertiary alicyclic amines) is 2. The number of hydrogen-bond donors (Lipinski definition) is 0. The first kappa shape index (κ1) is 25.5. The van der Waals surface area contributed by atoms with Gasteiger partial charge in [0.2, 0.25) is 0 Å². The number of non-ortho nitro benzene ring substituents is 1. The van der Waals surface area contributed by atoms with Crippen LogP contribution in [0.3, 0.4) is 0 Å². The van der Waals surface area contributed by atoms with Crippen LogP contribution in [0.4, 0.5) is 14.5 Å². The van der Waals surface area contributed by atoms with Crippen molar-refractivity contribution in [2.45, 2.75) is 25.7 Å². The van der Waals surface area contributed by atoms with Gasteiger partial charge in [-0.05, 0) is 72.6 Å². The lowest BCUT2D eigenvalue weighted by Crippen LogP contribution is -2.44. The van der Waals surface area contributed by atoms with Gasteiger partial charge < -0.3 is 9.80 Å². The Morgan fingerprint density at radius 3 is 2.16 bits per heavy atom. The Kier molecular flexibility index (Phi) is 6.93. The topological polar surface area (TPSA) is 83.8 Å². The van der Waals surface area contributed by atoms with E-state index in [-0.39, 0.29) is 22.7 Å². The van der Waals surface area contributed by atoms with Gasteiger partial charge in [-0.2, -0.15) is 0 Å². The van der Waals surface area contributed by atoms with Crippen molar-refractivity contribution in [3.05, 3.63) is 111 Å². The van der Waals surface area contributed by atoms with Gasteiger partial charge in [0.1, 0.15) is 11.6 Å².